The maximum absolute atomic E-state index is 11.9. The Bertz CT molecular complexity index is 442. The van der Waals surface area contributed by atoms with E-state index in [9.17, 15) is 4.79 Å². The lowest BCUT2D eigenvalue weighted by Crippen LogP contribution is -2.12. The Balaban J connectivity index is 0.00000200. The van der Waals surface area contributed by atoms with Gasteiger partial charge in [-0.15, -0.1) is 12.4 Å². The highest BCUT2D eigenvalue weighted by Gasteiger charge is 2.15. The van der Waals surface area contributed by atoms with Crippen molar-refractivity contribution >= 4 is 29.7 Å². The fraction of sp³-hybridized carbons (Fsp3) is 0.562. The highest BCUT2D eigenvalue weighted by molar-refractivity contribution is 5.91. The van der Waals surface area contributed by atoms with Crippen molar-refractivity contribution in [1.82, 2.24) is 0 Å². The summed E-state index contributed by atoms with van der Waals surface area (Å²) in [6, 6.07) is 5.61. The molecule has 1 aliphatic rings. The molecule has 0 bridgehead atoms. The topological polar surface area (TPSA) is 55.1 Å². The third kappa shape index (κ3) is 5.04. The summed E-state index contributed by atoms with van der Waals surface area (Å²) in [4.78, 5) is 11.9. The number of halogens is 1. The Labute approximate surface area is 127 Å². The molecule has 0 aliphatic heterocycles. The molecule has 0 saturated heterocycles. The lowest BCUT2D eigenvalue weighted by Gasteiger charge is -2.10. The number of hydrogen-bond acceptors (Lipinski definition) is 2. The Morgan fingerprint density at radius 2 is 2.05 bits per heavy atom. The third-order valence-electron chi connectivity index (χ3n) is 4.03. The Kier molecular flexibility index (Phi) is 6.86. The van der Waals surface area contributed by atoms with Crippen LogP contribution in [0.2, 0.25) is 0 Å². The average molecular weight is 297 g/mol. The Hall–Kier alpha value is -1.22. The van der Waals surface area contributed by atoms with Crippen LogP contribution in [0.4, 0.5) is 11.4 Å². The van der Waals surface area contributed by atoms with Crippen LogP contribution in [-0.2, 0) is 4.79 Å². The number of hydrogen-bond donors (Lipinski definition) is 2. The van der Waals surface area contributed by atoms with Gasteiger partial charge in [-0.05, 0) is 43.4 Å². The monoisotopic (exact) mass is 296 g/mol. The van der Waals surface area contributed by atoms with Crippen LogP contribution in [0.15, 0.2) is 18.2 Å². The van der Waals surface area contributed by atoms with Gasteiger partial charge in [0.2, 0.25) is 5.91 Å². The summed E-state index contributed by atoms with van der Waals surface area (Å²) >= 11 is 0. The number of benzene rings is 1. The number of anilines is 2. The number of aryl methyl sites for hydroxylation is 1. The summed E-state index contributed by atoms with van der Waals surface area (Å²) in [7, 11) is 0. The van der Waals surface area contributed by atoms with Gasteiger partial charge in [0.25, 0.3) is 0 Å². The zero-order chi connectivity index (χ0) is 13.7. The van der Waals surface area contributed by atoms with Crippen LogP contribution in [0.25, 0.3) is 0 Å². The van der Waals surface area contributed by atoms with Crippen molar-refractivity contribution in [3.63, 3.8) is 0 Å². The molecule has 0 heterocycles. The molecule has 0 spiro atoms. The van der Waals surface area contributed by atoms with Gasteiger partial charge in [-0.2, -0.15) is 0 Å². The number of amides is 1. The summed E-state index contributed by atoms with van der Waals surface area (Å²) in [6.45, 7) is 1.98. The molecule has 1 fully saturated rings. The van der Waals surface area contributed by atoms with E-state index in [0.29, 0.717) is 12.1 Å². The first kappa shape index (κ1) is 16.8. The largest absolute Gasteiger partial charge is 0.399 e. The number of rotatable bonds is 5. The number of carbonyl (C=O) groups is 1. The first-order valence-electron chi connectivity index (χ1n) is 7.31. The summed E-state index contributed by atoms with van der Waals surface area (Å²) in [5.41, 5.74) is 8.31. The van der Waals surface area contributed by atoms with Gasteiger partial charge in [-0.25, -0.2) is 0 Å². The van der Waals surface area contributed by atoms with Crippen LogP contribution in [0.5, 0.6) is 0 Å². The normalized spacial score (nSPS) is 14.8. The van der Waals surface area contributed by atoms with Gasteiger partial charge in [0.1, 0.15) is 0 Å². The molecule has 1 amide bonds. The molecule has 3 N–H and O–H groups in total. The highest BCUT2D eigenvalue weighted by atomic mass is 35.5. The molecule has 0 atom stereocenters. The molecular formula is C16H25ClN2O. The van der Waals surface area contributed by atoms with Crippen molar-refractivity contribution in [3.8, 4) is 0 Å². The standard InChI is InChI=1S/C16H24N2O.ClH/c1-12-9-10-14(17)11-15(12)18-16(19)8-4-7-13-5-2-3-6-13;/h9-11,13H,2-8,17H2,1H3,(H,18,19);1H. The summed E-state index contributed by atoms with van der Waals surface area (Å²) < 4.78 is 0. The van der Waals surface area contributed by atoms with Crippen LogP contribution < -0.4 is 11.1 Å². The van der Waals surface area contributed by atoms with E-state index in [0.717, 1.165) is 23.6 Å². The number of nitrogens with two attached hydrogens (primary N) is 1. The van der Waals surface area contributed by atoms with Crippen molar-refractivity contribution in [1.29, 1.82) is 0 Å². The predicted molar refractivity (Wildman–Crippen MR) is 87.3 cm³/mol. The molecule has 0 aromatic heterocycles. The molecule has 1 aromatic rings. The zero-order valence-electron chi connectivity index (χ0n) is 12.2. The van der Waals surface area contributed by atoms with Crippen LogP contribution in [-0.4, -0.2) is 5.91 Å². The number of nitrogen functional groups attached to an aromatic ring is 1. The van der Waals surface area contributed by atoms with E-state index in [4.69, 9.17) is 5.73 Å². The molecule has 0 unspecified atom stereocenters. The van der Waals surface area contributed by atoms with Gasteiger partial charge in [0.05, 0.1) is 0 Å². The zero-order valence-corrected chi connectivity index (χ0v) is 13.0. The molecule has 1 aromatic carbocycles. The number of carbonyl (C=O) groups excluding carboxylic acids is 1. The van der Waals surface area contributed by atoms with E-state index < -0.39 is 0 Å². The van der Waals surface area contributed by atoms with E-state index in [2.05, 4.69) is 5.32 Å². The lowest BCUT2D eigenvalue weighted by atomic mass is 10.0. The van der Waals surface area contributed by atoms with Gasteiger partial charge in [-0.1, -0.05) is 31.7 Å². The predicted octanol–water partition coefficient (Wildman–Crippen LogP) is 4.30. The van der Waals surface area contributed by atoms with Crippen molar-refractivity contribution in [2.24, 2.45) is 5.92 Å². The molecule has 20 heavy (non-hydrogen) atoms. The van der Waals surface area contributed by atoms with Crippen molar-refractivity contribution in [2.75, 3.05) is 11.1 Å². The van der Waals surface area contributed by atoms with Gasteiger partial charge >= 0.3 is 0 Å². The first-order chi connectivity index (χ1) is 9.15. The summed E-state index contributed by atoms with van der Waals surface area (Å²) in [5, 5.41) is 2.96. The second kappa shape index (κ2) is 8.15. The van der Waals surface area contributed by atoms with Gasteiger partial charge < -0.3 is 11.1 Å². The number of nitrogens with one attached hydrogen (secondary N) is 1. The second-order valence-corrected chi connectivity index (χ2v) is 5.67. The SMILES string of the molecule is Cc1ccc(N)cc1NC(=O)CCCC1CCCC1.Cl. The molecule has 1 aliphatic carbocycles. The van der Waals surface area contributed by atoms with Crippen LogP contribution in [0, 0.1) is 12.8 Å². The lowest BCUT2D eigenvalue weighted by molar-refractivity contribution is -0.116. The van der Waals surface area contributed by atoms with Gasteiger partial charge in [0.15, 0.2) is 0 Å². The summed E-state index contributed by atoms with van der Waals surface area (Å²) in [5.74, 6) is 0.966. The molecule has 2 rings (SSSR count). The molecule has 0 radical (unpaired) electrons. The minimum absolute atomic E-state index is 0. The second-order valence-electron chi connectivity index (χ2n) is 5.67. The van der Waals surface area contributed by atoms with E-state index in [1.54, 1.807) is 0 Å². The van der Waals surface area contributed by atoms with E-state index in [1.807, 2.05) is 25.1 Å². The minimum atomic E-state index is 0. The van der Waals surface area contributed by atoms with Crippen molar-refractivity contribution in [2.45, 2.75) is 51.9 Å². The Morgan fingerprint density at radius 3 is 2.75 bits per heavy atom. The fourth-order valence-corrected chi connectivity index (χ4v) is 2.84. The molecule has 112 valence electrons. The fourth-order valence-electron chi connectivity index (χ4n) is 2.84. The smallest absolute Gasteiger partial charge is 0.224 e. The highest BCUT2D eigenvalue weighted by Crippen LogP contribution is 2.29. The third-order valence-corrected chi connectivity index (χ3v) is 4.03. The quantitative estimate of drug-likeness (QED) is 0.796. The Morgan fingerprint density at radius 1 is 1.35 bits per heavy atom. The van der Waals surface area contributed by atoms with E-state index in [1.165, 1.54) is 32.1 Å². The molecular weight excluding hydrogens is 272 g/mol. The van der Waals surface area contributed by atoms with Crippen LogP contribution >= 0.6 is 12.4 Å². The summed E-state index contributed by atoms with van der Waals surface area (Å²) in [6.07, 6.45) is 8.27. The van der Waals surface area contributed by atoms with Crippen molar-refractivity contribution < 1.29 is 4.79 Å². The van der Waals surface area contributed by atoms with Crippen LogP contribution in [0.1, 0.15) is 50.5 Å². The maximum atomic E-state index is 11.9. The van der Waals surface area contributed by atoms with E-state index in [-0.39, 0.29) is 18.3 Å². The van der Waals surface area contributed by atoms with E-state index >= 15 is 0 Å². The maximum Gasteiger partial charge on any atom is 0.224 e. The minimum Gasteiger partial charge on any atom is -0.399 e. The van der Waals surface area contributed by atoms with Gasteiger partial charge in [-0.3, -0.25) is 4.79 Å². The van der Waals surface area contributed by atoms with Crippen LogP contribution in [0.3, 0.4) is 0 Å². The molecule has 4 heteroatoms. The molecule has 1 saturated carbocycles. The molecule has 3 nitrogen and oxygen atoms in total. The first-order valence-corrected chi connectivity index (χ1v) is 7.31. The van der Waals surface area contributed by atoms with Crippen molar-refractivity contribution in [3.05, 3.63) is 23.8 Å². The van der Waals surface area contributed by atoms with Gasteiger partial charge in [0, 0.05) is 17.8 Å². The average Bonchev–Trinajstić information content (AvgIpc) is 2.87.